The van der Waals surface area contributed by atoms with E-state index in [0.29, 0.717) is 35.1 Å². The van der Waals surface area contributed by atoms with Crippen LogP contribution in [0.15, 0.2) is 82.2 Å². The van der Waals surface area contributed by atoms with Gasteiger partial charge in [-0.15, -0.1) is 0 Å². The summed E-state index contributed by atoms with van der Waals surface area (Å²) in [6.07, 6.45) is 1.83. The van der Waals surface area contributed by atoms with E-state index in [1.54, 1.807) is 26.2 Å². The second kappa shape index (κ2) is 13.7. The highest BCUT2D eigenvalue weighted by Gasteiger charge is 2.25. The Kier molecular flexibility index (Phi) is 9.82. The minimum absolute atomic E-state index is 0.0317. The molecule has 0 bridgehead atoms. The zero-order valence-electron chi connectivity index (χ0n) is 23.9. The van der Waals surface area contributed by atoms with Crippen LogP contribution < -0.4 is 5.43 Å². The zero-order valence-corrected chi connectivity index (χ0v) is 23.9. The Labute approximate surface area is 243 Å². The Morgan fingerprint density at radius 1 is 0.976 bits per heavy atom. The Bertz CT molecular complexity index is 1650. The largest absolute Gasteiger partial charge is 0.464 e. The molecule has 0 spiro atoms. The topological polar surface area (TPSA) is 123 Å². The number of carbonyl (C=O) groups is 2. The molecule has 0 saturated heterocycles. The van der Waals surface area contributed by atoms with Crippen LogP contribution in [0.2, 0.25) is 0 Å². The molecule has 218 valence electrons. The third kappa shape index (κ3) is 7.27. The van der Waals surface area contributed by atoms with E-state index >= 15 is 0 Å². The Hall–Kier alpha value is -4.83. The van der Waals surface area contributed by atoms with Crippen LogP contribution in [-0.4, -0.2) is 53.3 Å². The smallest absolute Gasteiger partial charge is 0.273 e. The first-order valence-electron chi connectivity index (χ1n) is 13.5. The molecule has 3 aromatic carbocycles. The van der Waals surface area contributed by atoms with Gasteiger partial charge in [-0.1, -0.05) is 48.0 Å². The van der Waals surface area contributed by atoms with Gasteiger partial charge < -0.3 is 19.0 Å². The van der Waals surface area contributed by atoms with Gasteiger partial charge in [-0.2, -0.15) is 0 Å². The van der Waals surface area contributed by atoms with Crippen LogP contribution >= 0.6 is 0 Å². The number of ether oxygens (including phenoxy) is 1. The van der Waals surface area contributed by atoms with Crippen molar-refractivity contribution in [2.24, 2.45) is 0 Å². The first kappa shape index (κ1) is 30.1. The van der Waals surface area contributed by atoms with Gasteiger partial charge in [-0.25, -0.2) is 0 Å². The van der Waals surface area contributed by atoms with Crippen molar-refractivity contribution in [3.63, 3.8) is 0 Å². The van der Waals surface area contributed by atoms with E-state index in [1.807, 2.05) is 43.3 Å². The molecule has 2 amide bonds. The molecule has 0 aliphatic carbocycles. The van der Waals surface area contributed by atoms with Crippen molar-refractivity contribution < 1.29 is 23.7 Å². The summed E-state index contributed by atoms with van der Waals surface area (Å²) < 4.78 is 10.9. The van der Waals surface area contributed by atoms with Crippen molar-refractivity contribution in [2.45, 2.75) is 33.4 Å². The highest BCUT2D eigenvalue weighted by molar-refractivity contribution is 5.97. The Morgan fingerprint density at radius 3 is 2.45 bits per heavy atom. The summed E-state index contributed by atoms with van der Waals surface area (Å²) in [6, 6.07) is 18.9. The number of rotatable bonds is 12. The molecule has 0 saturated carbocycles. The maximum Gasteiger partial charge on any atom is 0.273 e. The van der Waals surface area contributed by atoms with E-state index in [9.17, 15) is 24.5 Å². The van der Waals surface area contributed by atoms with Crippen molar-refractivity contribution >= 4 is 28.5 Å². The van der Waals surface area contributed by atoms with Crippen molar-refractivity contribution in [1.29, 1.82) is 0 Å². The maximum atomic E-state index is 13.8. The lowest BCUT2D eigenvalue weighted by Crippen LogP contribution is -2.43. The second-order valence-corrected chi connectivity index (χ2v) is 10.2. The molecule has 4 rings (SSSR count). The molecule has 10 nitrogen and oxygen atoms in total. The number of nitro groups is 1. The molecule has 0 atom stereocenters. The van der Waals surface area contributed by atoms with E-state index in [0.717, 1.165) is 11.1 Å². The summed E-state index contributed by atoms with van der Waals surface area (Å²) in [7, 11) is 1.54. The van der Waals surface area contributed by atoms with Crippen LogP contribution in [0, 0.1) is 24.0 Å². The van der Waals surface area contributed by atoms with Crippen molar-refractivity contribution in [3.05, 3.63) is 121 Å². The van der Waals surface area contributed by atoms with Gasteiger partial charge in [0.25, 0.3) is 11.6 Å². The zero-order chi connectivity index (χ0) is 30.2. The molecule has 0 aliphatic heterocycles. The molecule has 42 heavy (non-hydrogen) atoms. The predicted molar refractivity (Wildman–Crippen MR) is 158 cm³/mol. The highest BCUT2D eigenvalue weighted by Crippen LogP contribution is 2.21. The first-order valence-corrected chi connectivity index (χ1v) is 13.5. The van der Waals surface area contributed by atoms with Gasteiger partial charge in [0.1, 0.15) is 12.1 Å². The molecule has 0 radical (unpaired) electrons. The summed E-state index contributed by atoms with van der Waals surface area (Å²) in [5.41, 5.74) is 2.65. The number of methoxy groups -OCH3 is 1. The number of hydrogen-bond acceptors (Lipinski definition) is 7. The number of carbonyl (C=O) groups excluding carboxylic acids is 2. The molecule has 0 fully saturated rings. The normalized spacial score (nSPS) is 10.9. The average Bonchev–Trinajstić information content (AvgIpc) is 2.98. The third-order valence-corrected chi connectivity index (χ3v) is 6.97. The fourth-order valence-electron chi connectivity index (χ4n) is 4.67. The summed E-state index contributed by atoms with van der Waals surface area (Å²) in [5, 5.41) is 11.9. The maximum absolute atomic E-state index is 13.8. The lowest BCUT2D eigenvalue weighted by Gasteiger charge is -2.28. The standard InChI is InChI=1S/C32H33N3O7/c1-22-10-13-29-27(16-22)31(37)26(21-42-29)19-34(18-24-8-5-4-6-9-24)30(36)20-33(14-7-15-41-3)32(38)25-12-11-23(2)28(17-25)35(39)40/h4-6,8-13,16-17,21H,7,14-15,18-20H2,1-3H3. The molecule has 0 N–H and O–H groups in total. The monoisotopic (exact) mass is 571 g/mol. The number of aryl methyl sites for hydroxylation is 2. The van der Waals surface area contributed by atoms with E-state index in [-0.39, 0.29) is 42.9 Å². The van der Waals surface area contributed by atoms with Gasteiger partial charge in [-0.05, 0) is 44.0 Å². The molecule has 4 aromatic rings. The van der Waals surface area contributed by atoms with Gasteiger partial charge in [0.05, 0.1) is 28.7 Å². The molecular formula is C32H33N3O7. The number of nitrogens with zero attached hydrogens (tertiary/aromatic N) is 3. The van der Waals surface area contributed by atoms with E-state index < -0.39 is 16.7 Å². The van der Waals surface area contributed by atoms with Gasteiger partial charge in [-0.3, -0.25) is 24.5 Å². The fourth-order valence-corrected chi connectivity index (χ4v) is 4.67. The summed E-state index contributed by atoms with van der Waals surface area (Å²) in [6.45, 7) is 3.90. The van der Waals surface area contributed by atoms with Crippen LogP contribution in [0.3, 0.4) is 0 Å². The van der Waals surface area contributed by atoms with Gasteiger partial charge >= 0.3 is 0 Å². The third-order valence-electron chi connectivity index (χ3n) is 6.97. The molecule has 1 heterocycles. The molecule has 0 aliphatic rings. The molecule has 10 heteroatoms. The quantitative estimate of drug-likeness (QED) is 0.133. The first-order chi connectivity index (χ1) is 20.2. The van der Waals surface area contributed by atoms with Crippen molar-refractivity contribution in [2.75, 3.05) is 26.8 Å². The average molecular weight is 572 g/mol. The summed E-state index contributed by atoms with van der Waals surface area (Å²) >= 11 is 0. The minimum Gasteiger partial charge on any atom is -0.464 e. The lowest BCUT2D eigenvalue weighted by atomic mass is 10.1. The predicted octanol–water partition coefficient (Wildman–Crippen LogP) is 5.03. The lowest BCUT2D eigenvalue weighted by molar-refractivity contribution is -0.385. The minimum atomic E-state index is -0.537. The Morgan fingerprint density at radius 2 is 1.74 bits per heavy atom. The van der Waals surface area contributed by atoms with Gasteiger partial charge in [0.15, 0.2) is 5.43 Å². The van der Waals surface area contributed by atoms with Crippen molar-refractivity contribution in [3.8, 4) is 0 Å². The second-order valence-electron chi connectivity index (χ2n) is 10.2. The fraction of sp³-hybridized carbons (Fsp3) is 0.281. The van der Waals surface area contributed by atoms with E-state index in [4.69, 9.17) is 9.15 Å². The number of amides is 2. The van der Waals surface area contributed by atoms with Gasteiger partial charge in [0, 0.05) is 44.0 Å². The van der Waals surface area contributed by atoms with Crippen LogP contribution in [-0.2, 0) is 22.6 Å². The van der Waals surface area contributed by atoms with E-state index in [2.05, 4.69) is 0 Å². The molecule has 1 aromatic heterocycles. The van der Waals surface area contributed by atoms with Crippen LogP contribution in [0.25, 0.3) is 11.0 Å². The van der Waals surface area contributed by atoms with Crippen LogP contribution in [0.4, 0.5) is 5.69 Å². The number of nitro benzene ring substituents is 1. The number of hydrogen-bond donors (Lipinski definition) is 0. The van der Waals surface area contributed by atoms with Crippen LogP contribution in [0.1, 0.15) is 39.0 Å². The highest BCUT2D eigenvalue weighted by atomic mass is 16.6. The van der Waals surface area contributed by atoms with Gasteiger partial charge in [0.2, 0.25) is 5.91 Å². The van der Waals surface area contributed by atoms with E-state index in [1.165, 1.54) is 34.3 Å². The summed E-state index contributed by atoms with van der Waals surface area (Å²) in [4.78, 5) is 54.6. The van der Waals surface area contributed by atoms with Crippen LogP contribution in [0.5, 0.6) is 0 Å². The SMILES string of the molecule is COCCCN(CC(=O)N(Cc1ccccc1)Cc1coc2ccc(C)cc2c1=O)C(=O)c1ccc(C)c([N+](=O)[O-])c1. The number of benzene rings is 3. The summed E-state index contributed by atoms with van der Waals surface area (Å²) in [5.74, 6) is -0.905. The molecule has 0 unspecified atom stereocenters. The molecular weight excluding hydrogens is 538 g/mol. The Balaban J connectivity index is 1.65. The van der Waals surface area contributed by atoms with Crippen molar-refractivity contribution in [1.82, 2.24) is 9.80 Å². The number of fused-ring (bicyclic) bond motifs is 1.